The van der Waals surface area contributed by atoms with E-state index in [1.165, 1.54) is 4.90 Å². The zero-order valence-corrected chi connectivity index (χ0v) is 17.4. The van der Waals surface area contributed by atoms with Gasteiger partial charge in [-0.15, -0.1) is 0 Å². The van der Waals surface area contributed by atoms with Crippen molar-refractivity contribution >= 4 is 44.5 Å². The molecule has 0 bridgehead atoms. The molecular formula is C19H16ClF3N4O3S. The number of alkyl halides is 3. The second-order valence-corrected chi connectivity index (χ2v) is 9.06. The first-order chi connectivity index (χ1) is 14.6. The minimum atomic E-state index is -4.79. The van der Waals surface area contributed by atoms with Crippen molar-refractivity contribution in [3.63, 3.8) is 0 Å². The van der Waals surface area contributed by atoms with Gasteiger partial charge in [0.15, 0.2) is 0 Å². The van der Waals surface area contributed by atoms with E-state index < -0.39 is 31.7 Å². The van der Waals surface area contributed by atoms with E-state index in [-0.39, 0.29) is 18.9 Å². The summed E-state index contributed by atoms with van der Waals surface area (Å²) in [6.45, 7) is 0.699. The molecule has 0 aliphatic carbocycles. The van der Waals surface area contributed by atoms with E-state index in [9.17, 15) is 26.4 Å². The smallest absolute Gasteiger partial charge is 0.308 e. The van der Waals surface area contributed by atoms with Gasteiger partial charge in [0.25, 0.3) is 0 Å². The maximum atomic E-state index is 13.0. The van der Waals surface area contributed by atoms with E-state index in [1.54, 1.807) is 0 Å². The fourth-order valence-corrected chi connectivity index (χ4v) is 4.71. The number of sulfonamides is 1. The first kappa shape index (κ1) is 21.6. The topological polar surface area (TPSA) is 84.3 Å². The summed E-state index contributed by atoms with van der Waals surface area (Å²) in [5.41, 5.74) is 0.403. The Hall–Kier alpha value is -2.63. The van der Waals surface area contributed by atoms with Gasteiger partial charge in [0, 0.05) is 26.1 Å². The Bertz CT molecular complexity index is 1270. The van der Waals surface area contributed by atoms with Crippen molar-refractivity contribution in [2.24, 2.45) is 0 Å². The van der Waals surface area contributed by atoms with Crippen molar-refractivity contribution in [2.75, 3.05) is 18.0 Å². The summed E-state index contributed by atoms with van der Waals surface area (Å²) in [5, 5.41) is -0.599. The van der Waals surface area contributed by atoms with Gasteiger partial charge in [0.05, 0.1) is 26.5 Å². The van der Waals surface area contributed by atoms with Gasteiger partial charge >= 0.3 is 6.18 Å². The van der Waals surface area contributed by atoms with E-state index in [2.05, 4.69) is 9.71 Å². The molecule has 7 nitrogen and oxygen atoms in total. The number of carbonyl (C=O) groups excluding carboxylic acids is 1. The molecule has 0 spiro atoms. The van der Waals surface area contributed by atoms with Gasteiger partial charge in [-0.25, -0.2) is 18.1 Å². The van der Waals surface area contributed by atoms with Crippen molar-refractivity contribution in [1.82, 2.24) is 14.3 Å². The maximum Gasteiger partial charge on any atom is 0.417 e. The predicted octanol–water partition coefficient (Wildman–Crippen LogP) is 3.42. The number of hydrogen-bond donors (Lipinski definition) is 1. The summed E-state index contributed by atoms with van der Waals surface area (Å²) in [6.07, 6.45) is -4.97. The quantitative estimate of drug-likeness (QED) is 0.616. The second kappa shape index (κ2) is 7.81. The Labute approximate surface area is 180 Å². The van der Waals surface area contributed by atoms with Crippen LogP contribution in [0, 0.1) is 0 Å². The minimum absolute atomic E-state index is 0.178. The van der Waals surface area contributed by atoms with Crippen molar-refractivity contribution in [3.05, 3.63) is 53.1 Å². The van der Waals surface area contributed by atoms with Crippen LogP contribution in [0.5, 0.6) is 0 Å². The Kier molecular flexibility index (Phi) is 5.44. The summed E-state index contributed by atoms with van der Waals surface area (Å²) in [5.74, 6) is 0.144. The van der Waals surface area contributed by atoms with Gasteiger partial charge < -0.3 is 4.57 Å². The Morgan fingerprint density at radius 3 is 2.65 bits per heavy atom. The number of aromatic nitrogens is 2. The van der Waals surface area contributed by atoms with Crippen molar-refractivity contribution < 1.29 is 26.4 Å². The van der Waals surface area contributed by atoms with Crippen LogP contribution in [0.25, 0.3) is 11.0 Å². The Morgan fingerprint density at radius 1 is 1.16 bits per heavy atom. The number of benzene rings is 2. The third-order valence-electron chi connectivity index (χ3n) is 4.91. The average molecular weight is 473 g/mol. The van der Waals surface area contributed by atoms with Crippen molar-refractivity contribution in [1.29, 1.82) is 0 Å². The molecule has 1 aliphatic rings. The highest BCUT2D eigenvalue weighted by Gasteiger charge is 2.34. The number of halogens is 4. The molecule has 2 aromatic carbocycles. The SMILES string of the molecule is O=C(CCNS(=O)(=O)c1ccc(Cl)c(C(F)(F)F)c1)N1CCn2c1nc1ccccc12. The fraction of sp³-hybridized carbons (Fsp3) is 0.263. The maximum absolute atomic E-state index is 13.0. The third kappa shape index (κ3) is 4.12. The summed E-state index contributed by atoms with van der Waals surface area (Å²) in [4.78, 5) is 17.9. The molecule has 0 radical (unpaired) electrons. The number of para-hydroxylation sites is 2. The van der Waals surface area contributed by atoms with Gasteiger partial charge in [-0.05, 0) is 30.3 Å². The van der Waals surface area contributed by atoms with Crippen LogP contribution in [0.4, 0.5) is 19.1 Å². The van der Waals surface area contributed by atoms with E-state index in [0.29, 0.717) is 25.1 Å². The summed E-state index contributed by atoms with van der Waals surface area (Å²) >= 11 is 5.53. The Morgan fingerprint density at radius 2 is 1.90 bits per heavy atom. The van der Waals surface area contributed by atoms with Crippen LogP contribution >= 0.6 is 11.6 Å². The molecule has 1 aromatic heterocycles. The van der Waals surface area contributed by atoms with E-state index in [0.717, 1.165) is 23.2 Å². The number of fused-ring (bicyclic) bond motifs is 3. The fourth-order valence-electron chi connectivity index (χ4n) is 3.42. The van der Waals surface area contributed by atoms with E-state index >= 15 is 0 Å². The predicted molar refractivity (Wildman–Crippen MR) is 108 cm³/mol. The third-order valence-corrected chi connectivity index (χ3v) is 6.70. The summed E-state index contributed by atoms with van der Waals surface area (Å²) in [6, 6.07) is 9.76. The first-order valence-corrected chi connectivity index (χ1v) is 11.1. The molecule has 1 aliphatic heterocycles. The number of nitrogens with zero attached hydrogens (tertiary/aromatic N) is 3. The van der Waals surface area contributed by atoms with Crippen LogP contribution < -0.4 is 9.62 Å². The number of rotatable bonds is 5. The number of anilines is 1. The summed E-state index contributed by atoms with van der Waals surface area (Å²) < 4.78 is 67.8. The lowest BCUT2D eigenvalue weighted by molar-refractivity contribution is -0.137. The lowest BCUT2D eigenvalue weighted by Crippen LogP contribution is -2.34. The minimum Gasteiger partial charge on any atom is -0.308 e. The molecular weight excluding hydrogens is 457 g/mol. The zero-order valence-electron chi connectivity index (χ0n) is 15.9. The highest BCUT2D eigenvalue weighted by atomic mass is 35.5. The van der Waals surface area contributed by atoms with Crippen molar-refractivity contribution in [2.45, 2.75) is 24.0 Å². The molecule has 3 aromatic rings. The molecule has 0 unspecified atom stereocenters. The Balaban J connectivity index is 1.44. The van der Waals surface area contributed by atoms with E-state index in [1.807, 2.05) is 28.8 Å². The summed E-state index contributed by atoms with van der Waals surface area (Å²) in [7, 11) is -4.26. The molecule has 31 heavy (non-hydrogen) atoms. The van der Waals surface area contributed by atoms with Crippen molar-refractivity contribution in [3.8, 4) is 0 Å². The van der Waals surface area contributed by atoms with E-state index in [4.69, 9.17) is 11.6 Å². The van der Waals surface area contributed by atoms with Gasteiger partial charge in [0.1, 0.15) is 0 Å². The lowest BCUT2D eigenvalue weighted by atomic mass is 10.2. The normalized spacial score (nSPS) is 14.3. The highest BCUT2D eigenvalue weighted by molar-refractivity contribution is 7.89. The molecule has 1 amide bonds. The molecule has 4 rings (SSSR count). The average Bonchev–Trinajstić information content (AvgIpc) is 3.26. The second-order valence-electron chi connectivity index (χ2n) is 6.88. The number of hydrogen-bond acceptors (Lipinski definition) is 4. The van der Waals surface area contributed by atoms with Crippen LogP contribution in [-0.2, 0) is 27.5 Å². The van der Waals surface area contributed by atoms with Crippen LogP contribution in [0.3, 0.4) is 0 Å². The molecule has 1 N–H and O–H groups in total. The van der Waals surface area contributed by atoms with Crippen LogP contribution in [0.1, 0.15) is 12.0 Å². The molecule has 12 heteroatoms. The number of imidazole rings is 1. The number of amides is 1. The first-order valence-electron chi connectivity index (χ1n) is 9.20. The van der Waals surface area contributed by atoms with Crippen LogP contribution in [0.15, 0.2) is 47.4 Å². The largest absolute Gasteiger partial charge is 0.417 e. The van der Waals surface area contributed by atoms with Crippen LogP contribution in [-0.4, -0.2) is 37.0 Å². The van der Waals surface area contributed by atoms with Gasteiger partial charge in [-0.1, -0.05) is 23.7 Å². The van der Waals surface area contributed by atoms with Gasteiger partial charge in [0.2, 0.25) is 21.9 Å². The lowest BCUT2D eigenvalue weighted by Gasteiger charge is -2.15. The molecule has 0 saturated heterocycles. The van der Waals surface area contributed by atoms with Crippen LogP contribution in [0.2, 0.25) is 5.02 Å². The zero-order chi connectivity index (χ0) is 22.4. The molecule has 2 heterocycles. The number of nitrogens with one attached hydrogen (secondary N) is 1. The molecule has 0 saturated carbocycles. The van der Waals surface area contributed by atoms with Gasteiger partial charge in [-0.3, -0.25) is 9.69 Å². The molecule has 0 atom stereocenters. The standard InChI is InChI=1S/C19H16ClF3N4O3S/c20-14-6-5-12(11-13(14)19(21,22)23)31(29,30)24-8-7-17(28)27-10-9-26-16-4-2-1-3-15(16)25-18(26)27/h1-6,11,24H,7-10H2. The highest BCUT2D eigenvalue weighted by Crippen LogP contribution is 2.36. The molecule has 0 fully saturated rings. The monoisotopic (exact) mass is 472 g/mol. The number of carbonyl (C=O) groups is 1. The van der Waals surface area contributed by atoms with Gasteiger partial charge in [-0.2, -0.15) is 13.2 Å². The molecule has 164 valence electrons.